The molecule has 3 N–H and O–H groups in total. The number of rotatable bonds is 6. The molecular weight excluding hydrogens is 464 g/mol. The summed E-state index contributed by atoms with van der Waals surface area (Å²) in [5.74, 6) is -0.225. The SMILES string of the molecule is COCC(C)(C(=O)O)n1cc(C2=COCC3=C4C2=CN=C(c2ccc5oc(N)nc5c2)N4CC3)cn1. The molecule has 11 nitrogen and oxygen atoms in total. The van der Waals surface area contributed by atoms with Gasteiger partial charge >= 0.3 is 5.97 Å². The molecule has 0 aliphatic carbocycles. The molecule has 0 saturated carbocycles. The quantitative estimate of drug-likeness (QED) is 0.536. The highest BCUT2D eigenvalue weighted by atomic mass is 16.5. The van der Waals surface area contributed by atoms with Crippen molar-refractivity contribution < 1.29 is 23.8 Å². The number of methoxy groups -OCH3 is 1. The van der Waals surface area contributed by atoms with Crippen LogP contribution in [0.4, 0.5) is 6.01 Å². The molecule has 0 amide bonds. The fraction of sp³-hybridized carbons (Fsp3) is 0.280. The minimum Gasteiger partial charge on any atom is -0.496 e. The molecule has 0 bridgehead atoms. The fourth-order valence-electron chi connectivity index (χ4n) is 4.88. The third-order valence-electron chi connectivity index (χ3n) is 6.77. The lowest BCUT2D eigenvalue weighted by Crippen LogP contribution is -2.43. The van der Waals surface area contributed by atoms with Crippen molar-refractivity contribution in [3.05, 3.63) is 71.0 Å². The number of hydrogen-bond acceptors (Lipinski definition) is 9. The van der Waals surface area contributed by atoms with E-state index in [9.17, 15) is 9.90 Å². The van der Waals surface area contributed by atoms with Crippen LogP contribution in [0.5, 0.6) is 0 Å². The average molecular weight is 489 g/mol. The van der Waals surface area contributed by atoms with Gasteiger partial charge in [-0.3, -0.25) is 4.68 Å². The Kier molecular flexibility index (Phi) is 4.97. The van der Waals surface area contributed by atoms with Gasteiger partial charge < -0.3 is 29.6 Å². The molecule has 1 unspecified atom stereocenters. The number of carbonyl (C=O) groups is 1. The van der Waals surface area contributed by atoms with Crippen LogP contribution in [-0.4, -0.2) is 63.4 Å². The van der Waals surface area contributed by atoms with Gasteiger partial charge in [-0.1, -0.05) is 0 Å². The van der Waals surface area contributed by atoms with Crippen LogP contribution in [0.15, 0.2) is 69.3 Å². The van der Waals surface area contributed by atoms with Crippen LogP contribution in [0.25, 0.3) is 16.7 Å². The van der Waals surface area contributed by atoms with Gasteiger partial charge in [0.25, 0.3) is 6.01 Å². The molecule has 184 valence electrons. The number of allylic oxidation sites excluding steroid dienone is 1. The third-order valence-corrected chi connectivity index (χ3v) is 6.77. The third kappa shape index (κ3) is 3.31. The number of carboxylic acid groups (broad SMARTS) is 1. The number of anilines is 1. The summed E-state index contributed by atoms with van der Waals surface area (Å²) in [6.45, 7) is 2.77. The van der Waals surface area contributed by atoms with Crippen molar-refractivity contribution in [3.63, 3.8) is 0 Å². The zero-order valence-corrected chi connectivity index (χ0v) is 19.8. The van der Waals surface area contributed by atoms with Crippen LogP contribution in [0.2, 0.25) is 0 Å². The van der Waals surface area contributed by atoms with E-state index >= 15 is 0 Å². The number of oxazole rings is 1. The zero-order valence-electron chi connectivity index (χ0n) is 19.8. The molecule has 0 fully saturated rings. The Balaban J connectivity index is 1.42. The van der Waals surface area contributed by atoms with Crippen molar-refractivity contribution in [1.29, 1.82) is 0 Å². The van der Waals surface area contributed by atoms with Crippen molar-refractivity contribution in [1.82, 2.24) is 19.7 Å². The highest BCUT2D eigenvalue weighted by molar-refractivity contribution is 6.05. The molecule has 3 aliphatic rings. The highest BCUT2D eigenvalue weighted by Crippen LogP contribution is 2.42. The number of hydrogen-bond donors (Lipinski definition) is 2. The van der Waals surface area contributed by atoms with Crippen LogP contribution in [-0.2, 0) is 19.8 Å². The van der Waals surface area contributed by atoms with Gasteiger partial charge in [0.2, 0.25) is 0 Å². The van der Waals surface area contributed by atoms with E-state index in [-0.39, 0.29) is 12.6 Å². The fourth-order valence-corrected chi connectivity index (χ4v) is 4.88. The first-order valence-electron chi connectivity index (χ1n) is 11.4. The van der Waals surface area contributed by atoms with Crippen molar-refractivity contribution >= 4 is 34.5 Å². The number of aromatic nitrogens is 3. The summed E-state index contributed by atoms with van der Waals surface area (Å²) in [4.78, 5) is 23.2. The summed E-state index contributed by atoms with van der Waals surface area (Å²) in [6, 6.07) is 5.83. The second kappa shape index (κ2) is 8.09. The van der Waals surface area contributed by atoms with Crippen molar-refractivity contribution in [2.24, 2.45) is 4.99 Å². The molecular formula is C25H24N6O5. The predicted octanol–water partition coefficient (Wildman–Crippen LogP) is 2.73. The number of carboxylic acids is 1. The molecule has 3 aromatic rings. The average Bonchev–Trinajstić information content (AvgIpc) is 3.56. The van der Waals surface area contributed by atoms with E-state index in [1.165, 1.54) is 17.4 Å². The first-order chi connectivity index (χ1) is 17.4. The lowest BCUT2D eigenvalue weighted by Gasteiger charge is -2.29. The van der Waals surface area contributed by atoms with Crippen LogP contribution < -0.4 is 5.73 Å². The Morgan fingerprint density at radius 1 is 1.31 bits per heavy atom. The number of nitrogens with zero attached hydrogens (tertiary/aromatic N) is 5. The van der Waals surface area contributed by atoms with Gasteiger partial charge in [0.1, 0.15) is 18.0 Å². The highest BCUT2D eigenvalue weighted by Gasteiger charge is 2.38. The summed E-state index contributed by atoms with van der Waals surface area (Å²) in [5.41, 5.74) is 11.2. The Bertz CT molecular complexity index is 1530. The van der Waals surface area contributed by atoms with E-state index in [2.05, 4.69) is 15.0 Å². The number of benzene rings is 1. The molecule has 0 radical (unpaired) electrons. The second-order valence-corrected chi connectivity index (χ2v) is 9.11. The Labute approximate surface area is 205 Å². The van der Waals surface area contributed by atoms with E-state index < -0.39 is 11.5 Å². The molecule has 3 aliphatic heterocycles. The zero-order chi connectivity index (χ0) is 25.0. The number of ether oxygens (including phenoxy) is 2. The summed E-state index contributed by atoms with van der Waals surface area (Å²) in [5, 5.41) is 14.2. The Morgan fingerprint density at radius 3 is 2.97 bits per heavy atom. The molecule has 0 spiro atoms. The van der Waals surface area contributed by atoms with E-state index in [0.29, 0.717) is 17.7 Å². The second-order valence-electron chi connectivity index (χ2n) is 9.11. The number of fused-ring (bicyclic) bond motifs is 1. The smallest absolute Gasteiger partial charge is 0.333 e. The lowest BCUT2D eigenvalue weighted by molar-refractivity contribution is -0.150. The maximum Gasteiger partial charge on any atom is 0.333 e. The van der Waals surface area contributed by atoms with E-state index in [1.807, 2.05) is 24.4 Å². The van der Waals surface area contributed by atoms with Gasteiger partial charge in [0.05, 0.1) is 24.8 Å². The Hall–Kier alpha value is -4.38. The van der Waals surface area contributed by atoms with Gasteiger partial charge in [-0.2, -0.15) is 10.1 Å². The largest absolute Gasteiger partial charge is 0.496 e. The molecule has 5 heterocycles. The normalized spacial score (nSPS) is 18.7. The molecule has 1 atom stereocenters. The van der Waals surface area contributed by atoms with Crippen LogP contribution >= 0.6 is 0 Å². The first-order valence-corrected chi connectivity index (χ1v) is 11.4. The maximum absolute atomic E-state index is 12.0. The van der Waals surface area contributed by atoms with E-state index in [1.54, 1.807) is 25.6 Å². The molecule has 2 aromatic heterocycles. The summed E-state index contributed by atoms with van der Waals surface area (Å²) in [6.07, 6.45) is 7.71. The van der Waals surface area contributed by atoms with Gasteiger partial charge in [0.15, 0.2) is 11.1 Å². The lowest BCUT2D eigenvalue weighted by atomic mass is 9.96. The van der Waals surface area contributed by atoms with E-state index in [0.717, 1.165) is 46.8 Å². The summed E-state index contributed by atoms with van der Waals surface area (Å²) < 4.78 is 17.9. The Morgan fingerprint density at radius 2 is 2.17 bits per heavy atom. The van der Waals surface area contributed by atoms with Gasteiger partial charge in [-0.05, 0) is 37.1 Å². The summed E-state index contributed by atoms with van der Waals surface area (Å²) in [7, 11) is 1.47. The number of aliphatic imine (C=N–C) groups is 1. The topological polar surface area (TPSA) is 141 Å². The molecule has 36 heavy (non-hydrogen) atoms. The first kappa shape index (κ1) is 22.1. The van der Waals surface area contributed by atoms with Crippen LogP contribution in [0.3, 0.4) is 0 Å². The maximum atomic E-state index is 12.0. The standard InChI is InChI=1S/C25H24N6O5/c1-25(13-34-2,23(32)33)31-10-16(8-28-31)18-12-35-11-15-5-6-30-21(15)17(18)9-27-22(30)14-3-4-20-19(7-14)29-24(26)36-20/h3-4,7-10,12H,5-6,11,13H2,1-2H3,(H2,26,29)(H,32,33). The monoisotopic (exact) mass is 488 g/mol. The number of aliphatic carboxylic acids is 1. The molecule has 1 aromatic carbocycles. The minimum absolute atomic E-state index is 0.0278. The molecule has 6 rings (SSSR count). The minimum atomic E-state index is -1.35. The van der Waals surface area contributed by atoms with Crippen LogP contribution in [0, 0.1) is 0 Å². The number of amidine groups is 1. The van der Waals surface area contributed by atoms with Crippen molar-refractivity contribution in [3.8, 4) is 0 Å². The van der Waals surface area contributed by atoms with Gasteiger partial charge in [0, 0.05) is 48.3 Å². The van der Waals surface area contributed by atoms with Crippen molar-refractivity contribution in [2.75, 3.05) is 32.6 Å². The molecule has 0 saturated heterocycles. The summed E-state index contributed by atoms with van der Waals surface area (Å²) >= 11 is 0. The predicted molar refractivity (Wildman–Crippen MR) is 131 cm³/mol. The van der Waals surface area contributed by atoms with Gasteiger partial charge in [-0.15, -0.1) is 0 Å². The van der Waals surface area contributed by atoms with Crippen LogP contribution in [0.1, 0.15) is 24.5 Å². The number of nitrogen functional groups attached to an aromatic ring is 1. The van der Waals surface area contributed by atoms with Gasteiger partial charge in [-0.25, -0.2) is 9.79 Å². The molecule has 11 heteroatoms. The van der Waals surface area contributed by atoms with Crippen molar-refractivity contribution in [2.45, 2.75) is 18.9 Å². The number of nitrogens with two attached hydrogens (primary N) is 1. The van der Waals surface area contributed by atoms with E-state index in [4.69, 9.17) is 24.6 Å².